The van der Waals surface area contributed by atoms with Gasteiger partial charge in [-0.25, -0.2) is 4.39 Å². The third kappa shape index (κ3) is 2.60. The van der Waals surface area contributed by atoms with E-state index in [1.807, 2.05) is 0 Å². The molecule has 1 atom stereocenters. The first-order chi connectivity index (χ1) is 7.58. The molecule has 2 nitrogen and oxygen atoms in total. The van der Waals surface area contributed by atoms with Crippen LogP contribution in [0.4, 0.5) is 4.39 Å². The Hall–Kier alpha value is -0.930. The maximum Gasteiger partial charge on any atom is 0.165 e. The Morgan fingerprint density at radius 1 is 1.56 bits per heavy atom. The van der Waals surface area contributed by atoms with Crippen LogP contribution in [0.3, 0.4) is 0 Å². The maximum absolute atomic E-state index is 12.9. The van der Waals surface area contributed by atoms with Crippen LogP contribution in [0, 0.1) is 11.7 Å². The second-order valence-corrected chi connectivity index (χ2v) is 4.57. The van der Waals surface area contributed by atoms with Gasteiger partial charge in [0, 0.05) is 11.4 Å². The Balaban J connectivity index is 2.07. The van der Waals surface area contributed by atoms with Gasteiger partial charge in [0.15, 0.2) is 5.78 Å². The van der Waals surface area contributed by atoms with Crippen LogP contribution in [0.25, 0.3) is 0 Å². The fraction of sp³-hybridized carbons (Fsp3) is 0.417. The molecule has 1 fully saturated rings. The number of carbonyl (C=O) groups is 1. The van der Waals surface area contributed by atoms with E-state index in [0.29, 0.717) is 10.6 Å². The molecule has 1 aliphatic rings. The van der Waals surface area contributed by atoms with Gasteiger partial charge in [-0.3, -0.25) is 4.79 Å². The zero-order valence-electron chi connectivity index (χ0n) is 8.62. The third-order valence-corrected chi connectivity index (χ3v) is 3.14. The second-order valence-electron chi connectivity index (χ2n) is 4.16. The first-order valence-electron chi connectivity index (χ1n) is 5.22. The number of carbonyl (C=O) groups excluding carboxylic acids is 1. The summed E-state index contributed by atoms with van der Waals surface area (Å²) in [4.78, 5) is 11.6. The number of hydrogen-bond acceptors (Lipinski definition) is 2. The van der Waals surface area contributed by atoms with Gasteiger partial charge in [0.25, 0.3) is 0 Å². The van der Waals surface area contributed by atoms with Gasteiger partial charge in [-0.2, -0.15) is 0 Å². The van der Waals surface area contributed by atoms with E-state index >= 15 is 0 Å². The van der Waals surface area contributed by atoms with Gasteiger partial charge in [-0.1, -0.05) is 11.6 Å². The lowest BCUT2D eigenvalue weighted by Crippen LogP contribution is -2.24. The molecule has 1 aromatic rings. The number of aliphatic hydroxyl groups is 1. The van der Waals surface area contributed by atoms with Crippen LogP contribution < -0.4 is 0 Å². The quantitative estimate of drug-likeness (QED) is 0.880. The lowest BCUT2D eigenvalue weighted by molar-refractivity contribution is -0.127. The molecule has 0 aliphatic heterocycles. The van der Waals surface area contributed by atoms with Crippen molar-refractivity contribution in [1.29, 1.82) is 0 Å². The fourth-order valence-electron chi connectivity index (χ4n) is 1.65. The summed E-state index contributed by atoms with van der Waals surface area (Å²) < 4.78 is 12.9. The molecule has 0 bridgehead atoms. The van der Waals surface area contributed by atoms with Gasteiger partial charge in [-0.05, 0) is 42.5 Å². The zero-order valence-corrected chi connectivity index (χ0v) is 9.38. The summed E-state index contributed by atoms with van der Waals surface area (Å²) in [5, 5.41) is 9.95. The molecule has 0 radical (unpaired) electrons. The van der Waals surface area contributed by atoms with E-state index in [0.717, 1.165) is 12.8 Å². The predicted molar refractivity (Wildman–Crippen MR) is 58.9 cm³/mol. The van der Waals surface area contributed by atoms with Crippen molar-refractivity contribution in [3.8, 4) is 0 Å². The third-order valence-electron chi connectivity index (χ3n) is 2.77. The van der Waals surface area contributed by atoms with Crippen molar-refractivity contribution in [1.82, 2.24) is 0 Å². The summed E-state index contributed by atoms with van der Waals surface area (Å²) in [5.41, 5.74) is 0.436. The average molecular weight is 243 g/mol. The van der Waals surface area contributed by atoms with Crippen molar-refractivity contribution in [2.75, 3.05) is 0 Å². The molecule has 1 unspecified atom stereocenters. The fourth-order valence-corrected chi connectivity index (χ4v) is 1.83. The van der Waals surface area contributed by atoms with E-state index < -0.39 is 11.9 Å². The topological polar surface area (TPSA) is 37.3 Å². The molecule has 1 aliphatic carbocycles. The molecule has 16 heavy (non-hydrogen) atoms. The summed E-state index contributed by atoms with van der Waals surface area (Å²) in [6, 6.07) is 3.90. The zero-order chi connectivity index (χ0) is 11.7. The van der Waals surface area contributed by atoms with Gasteiger partial charge in [-0.15, -0.1) is 0 Å². The largest absolute Gasteiger partial charge is 0.385 e. The molecule has 0 amide bonds. The standard InChI is InChI=1S/C12H12ClFO2/c13-10-4-3-9(14)5-8(10)6-11(15)12(16)7-1-2-7/h3-5,7,12,16H,1-2,6H2. The summed E-state index contributed by atoms with van der Waals surface area (Å²) in [7, 11) is 0. The SMILES string of the molecule is O=C(Cc1cc(F)ccc1Cl)C(O)C1CC1. The van der Waals surface area contributed by atoms with Crippen LogP contribution in [-0.2, 0) is 11.2 Å². The van der Waals surface area contributed by atoms with E-state index in [1.165, 1.54) is 18.2 Å². The number of benzene rings is 1. The van der Waals surface area contributed by atoms with E-state index in [2.05, 4.69) is 0 Å². The number of rotatable bonds is 4. The van der Waals surface area contributed by atoms with Crippen molar-refractivity contribution >= 4 is 17.4 Å². The lowest BCUT2D eigenvalue weighted by Gasteiger charge is -2.09. The van der Waals surface area contributed by atoms with Gasteiger partial charge < -0.3 is 5.11 Å². The normalized spacial score (nSPS) is 17.2. The molecule has 0 saturated heterocycles. The van der Waals surface area contributed by atoms with E-state index in [-0.39, 0.29) is 18.1 Å². The highest BCUT2D eigenvalue weighted by atomic mass is 35.5. The molecular weight excluding hydrogens is 231 g/mol. The van der Waals surface area contributed by atoms with Gasteiger partial charge in [0.05, 0.1) is 0 Å². The first kappa shape index (κ1) is 11.6. The molecule has 4 heteroatoms. The molecule has 1 N–H and O–H groups in total. The van der Waals surface area contributed by atoms with Crippen LogP contribution in [-0.4, -0.2) is 17.0 Å². The molecule has 2 rings (SSSR count). The Kier molecular flexibility index (Phi) is 3.26. The summed E-state index contributed by atoms with van der Waals surface area (Å²) in [6.07, 6.45) is 0.862. The Labute approximate surface area is 98.0 Å². The second kappa shape index (κ2) is 4.52. The molecular formula is C12H12ClFO2. The monoisotopic (exact) mass is 242 g/mol. The smallest absolute Gasteiger partial charge is 0.165 e. The van der Waals surface area contributed by atoms with Crippen LogP contribution in [0.5, 0.6) is 0 Å². The Morgan fingerprint density at radius 3 is 2.88 bits per heavy atom. The summed E-state index contributed by atoms with van der Waals surface area (Å²) >= 11 is 5.84. The van der Waals surface area contributed by atoms with E-state index in [4.69, 9.17) is 11.6 Å². The summed E-state index contributed by atoms with van der Waals surface area (Å²) in [6.45, 7) is 0. The predicted octanol–water partition coefficient (Wildman–Crippen LogP) is 2.36. The van der Waals surface area contributed by atoms with Gasteiger partial charge in [0.2, 0.25) is 0 Å². The van der Waals surface area contributed by atoms with Crippen LogP contribution in [0.2, 0.25) is 5.02 Å². The number of aliphatic hydroxyl groups excluding tert-OH is 1. The molecule has 1 saturated carbocycles. The van der Waals surface area contributed by atoms with E-state index in [1.54, 1.807) is 0 Å². The highest BCUT2D eigenvalue weighted by molar-refractivity contribution is 6.31. The maximum atomic E-state index is 12.9. The van der Waals surface area contributed by atoms with Crippen LogP contribution >= 0.6 is 11.6 Å². The molecule has 1 aromatic carbocycles. The Morgan fingerprint density at radius 2 is 2.25 bits per heavy atom. The number of Topliss-reactive ketones (excluding diaryl/α,β-unsaturated/α-hetero) is 1. The van der Waals surface area contributed by atoms with Crippen molar-refractivity contribution < 1.29 is 14.3 Å². The van der Waals surface area contributed by atoms with Crippen LogP contribution in [0.1, 0.15) is 18.4 Å². The highest BCUT2D eigenvalue weighted by Crippen LogP contribution is 2.33. The van der Waals surface area contributed by atoms with Gasteiger partial charge in [0.1, 0.15) is 11.9 Å². The average Bonchev–Trinajstić information content (AvgIpc) is 3.06. The number of ketones is 1. The molecule has 0 heterocycles. The lowest BCUT2D eigenvalue weighted by atomic mass is 10.0. The highest BCUT2D eigenvalue weighted by Gasteiger charge is 2.34. The van der Waals surface area contributed by atoms with Crippen molar-refractivity contribution in [2.45, 2.75) is 25.4 Å². The minimum absolute atomic E-state index is 0.00569. The number of hydrogen-bond donors (Lipinski definition) is 1. The number of halogens is 2. The molecule has 86 valence electrons. The minimum Gasteiger partial charge on any atom is -0.385 e. The first-order valence-corrected chi connectivity index (χ1v) is 5.60. The van der Waals surface area contributed by atoms with Crippen molar-refractivity contribution in [2.24, 2.45) is 5.92 Å². The van der Waals surface area contributed by atoms with Gasteiger partial charge >= 0.3 is 0 Å². The van der Waals surface area contributed by atoms with Crippen molar-refractivity contribution in [3.05, 3.63) is 34.6 Å². The molecule has 0 aromatic heterocycles. The Bertz CT molecular complexity index is 415. The minimum atomic E-state index is -0.917. The molecule has 0 spiro atoms. The van der Waals surface area contributed by atoms with Crippen molar-refractivity contribution in [3.63, 3.8) is 0 Å². The van der Waals surface area contributed by atoms with Crippen LogP contribution in [0.15, 0.2) is 18.2 Å². The summed E-state index contributed by atoms with van der Waals surface area (Å²) in [5.74, 6) is -0.608. The van der Waals surface area contributed by atoms with E-state index in [9.17, 15) is 14.3 Å².